The normalized spacial score (nSPS) is 24.4. The minimum atomic E-state index is 0.421. The standard InChI is InChI=1S/C18H29NO/c1-4-15-5-7-16(8-6-15)13-19-14(2)17-9-11-18(20-3)12-10-17/h9-12,14-16,19H,4-8,13H2,1-3H3. The first-order chi connectivity index (χ1) is 9.72. The second-order valence-corrected chi connectivity index (χ2v) is 6.20. The molecule has 0 saturated heterocycles. The molecule has 1 N–H and O–H groups in total. The summed E-state index contributed by atoms with van der Waals surface area (Å²) in [7, 11) is 1.71. The van der Waals surface area contributed by atoms with Gasteiger partial charge in [0.1, 0.15) is 5.75 Å². The fraction of sp³-hybridized carbons (Fsp3) is 0.667. The van der Waals surface area contributed by atoms with Gasteiger partial charge >= 0.3 is 0 Å². The quantitative estimate of drug-likeness (QED) is 0.821. The molecule has 0 amide bonds. The zero-order valence-electron chi connectivity index (χ0n) is 13.2. The van der Waals surface area contributed by atoms with E-state index in [9.17, 15) is 0 Å². The minimum absolute atomic E-state index is 0.421. The Labute approximate surface area is 123 Å². The van der Waals surface area contributed by atoms with E-state index in [0.29, 0.717) is 6.04 Å². The van der Waals surface area contributed by atoms with Crippen LogP contribution < -0.4 is 10.1 Å². The predicted octanol–water partition coefficient (Wildman–Crippen LogP) is 4.56. The lowest BCUT2D eigenvalue weighted by molar-refractivity contribution is 0.258. The maximum atomic E-state index is 5.20. The van der Waals surface area contributed by atoms with Gasteiger partial charge in [-0.1, -0.05) is 38.3 Å². The highest BCUT2D eigenvalue weighted by atomic mass is 16.5. The molecule has 2 heteroatoms. The molecule has 2 nitrogen and oxygen atoms in total. The fourth-order valence-corrected chi connectivity index (χ4v) is 3.20. The predicted molar refractivity (Wildman–Crippen MR) is 85.2 cm³/mol. The zero-order chi connectivity index (χ0) is 14.4. The Hall–Kier alpha value is -1.02. The first kappa shape index (κ1) is 15.4. The summed E-state index contributed by atoms with van der Waals surface area (Å²) in [5, 5.41) is 3.70. The van der Waals surface area contributed by atoms with Crippen LogP contribution in [0.4, 0.5) is 0 Å². The van der Waals surface area contributed by atoms with Crippen LogP contribution in [0.3, 0.4) is 0 Å². The summed E-state index contributed by atoms with van der Waals surface area (Å²) in [5.74, 6) is 2.79. The van der Waals surface area contributed by atoms with Crippen molar-refractivity contribution in [3.63, 3.8) is 0 Å². The molecule has 1 aliphatic carbocycles. The number of rotatable bonds is 6. The Kier molecular flexibility index (Phi) is 5.90. The van der Waals surface area contributed by atoms with Crippen molar-refractivity contribution in [2.45, 2.75) is 52.0 Å². The molecular formula is C18H29NO. The first-order valence-corrected chi connectivity index (χ1v) is 8.10. The summed E-state index contributed by atoms with van der Waals surface area (Å²) in [6.45, 7) is 5.73. The van der Waals surface area contributed by atoms with Gasteiger partial charge in [0.15, 0.2) is 0 Å². The molecule has 1 aliphatic rings. The molecule has 0 heterocycles. The Balaban J connectivity index is 1.75. The van der Waals surface area contributed by atoms with Gasteiger partial charge in [-0.3, -0.25) is 0 Å². The topological polar surface area (TPSA) is 21.3 Å². The lowest BCUT2D eigenvalue weighted by Crippen LogP contribution is -2.28. The second kappa shape index (κ2) is 7.68. The van der Waals surface area contributed by atoms with Gasteiger partial charge in [0, 0.05) is 6.04 Å². The highest BCUT2D eigenvalue weighted by molar-refractivity contribution is 5.28. The maximum Gasteiger partial charge on any atom is 0.118 e. The third-order valence-electron chi connectivity index (χ3n) is 4.87. The Morgan fingerprint density at radius 1 is 1.10 bits per heavy atom. The second-order valence-electron chi connectivity index (χ2n) is 6.20. The van der Waals surface area contributed by atoms with Crippen molar-refractivity contribution in [1.82, 2.24) is 5.32 Å². The monoisotopic (exact) mass is 275 g/mol. The summed E-state index contributed by atoms with van der Waals surface area (Å²) >= 11 is 0. The van der Waals surface area contributed by atoms with Crippen molar-refractivity contribution in [3.05, 3.63) is 29.8 Å². The van der Waals surface area contributed by atoms with Crippen LogP contribution in [0.15, 0.2) is 24.3 Å². The number of ether oxygens (including phenoxy) is 1. The molecule has 0 spiro atoms. The van der Waals surface area contributed by atoms with Gasteiger partial charge in [0.2, 0.25) is 0 Å². The minimum Gasteiger partial charge on any atom is -0.497 e. The molecule has 0 radical (unpaired) electrons. The summed E-state index contributed by atoms with van der Waals surface area (Å²) < 4.78 is 5.20. The number of nitrogens with one attached hydrogen (secondary N) is 1. The highest BCUT2D eigenvalue weighted by Gasteiger charge is 2.20. The van der Waals surface area contributed by atoms with Crippen LogP contribution in [0.1, 0.15) is 57.6 Å². The molecule has 1 aromatic carbocycles. The SMILES string of the molecule is CCC1CCC(CNC(C)c2ccc(OC)cc2)CC1. The van der Waals surface area contributed by atoms with Crippen molar-refractivity contribution in [2.75, 3.05) is 13.7 Å². The van der Waals surface area contributed by atoms with E-state index in [1.165, 1.54) is 37.7 Å². The molecular weight excluding hydrogens is 246 g/mol. The van der Waals surface area contributed by atoms with Crippen molar-refractivity contribution in [3.8, 4) is 5.75 Å². The van der Waals surface area contributed by atoms with E-state index in [4.69, 9.17) is 4.74 Å². The Morgan fingerprint density at radius 3 is 2.25 bits per heavy atom. The van der Waals surface area contributed by atoms with Crippen LogP contribution in [0, 0.1) is 11.8 Å². The molecule has 1 atom stereocenters. The van der Waals surface area contributed by atoms with Gasteiger partial charge in [-0.2, -0.15) is 0 Å². The van der Waals surface area contributed by atoms with E-state index >= 15 is 0 Å². The number of methoxy groups -OCH3 is 1. The summed E-state index contributed by atoms with van der Waals surface area (Å²) in [5.41, 5.74) is 1.34. The third-order valence-corrected chi connectivity index (χ3v) is 4.87. The van der Waals surface area contributed by atoms with Gasteiger partial charge in [0.25, 0.3) is 0 Å². The van der Waals surface area contributed by atoms with E-state index < -0.39 is 0 Å². The molecule has 1 fully saturated rings. The zero-order valence-corrected chi connectivity index (χ0v) is 13.2. The maximum absolute atomic E-state index is 5.20. The van der Waals surface area contributed by atoms with E-state index in [1.807, 2.05) is 12.1 Å². The largest absolute Gasteiger partial charge is 0.497 e. The van der Waals surface area contributed by atoms with Crippen molar-refractivity contribution < 1.29 is 4.74 Å². The smallest absolute Gasteiger partial charge is 0.118 e. The average molecular weight is 275 g/mol. The highest BCUT2D eigenvalue weighted by Crippen LogP contribution is 2.30. The van der Waals surface area contributed by atoms with Gasteiger partial charge in [-0.15, -0.1) is 0 Å². The van der Waals surface area contributed by atoms with Gasteiger partial charge in [-0.05, 0) is 55.8 Å². The summed E-state index contributed by atoms with van der Waals surface area (Å²) in [4.78, 5) is 0. The molecule has 20 heavy (non-hydrogen) atoms. The molecule has 0 aromatic heterocycles. The molecule has 112 valence electrons. The summed E-state index contributed by atoms with van der Waals surface area (Å²) in [6, 6.07) is 8.82. The van der Waals surface area contributed by atoms with E-state index in [-0.39, 0.29) is 0 Å². The van der Waals surface area contributed by atoms with Crippen LogP contribution in [0.25, 0.3) is 0 Å². The van der Waals surface area contributed by atoms with Crippen molar-refractivity contribution in [1.29, 1.82) is 0 Å². The number of benzene rings is 1. The molecule has 1 aromatic rings. The average Bonchev–Trinajstić information content (AvgIpc) is 2.53. The van der Waals surface area contributed by atoms with E-state index in [1.54, 1.807) is 7.11 Å². The van der Waals surface area contributed by atoms with Crippen LogP contribution in [0.2, 0.25) is 0 Å². The number of hydrogen-bond donors (Lipinski definition) is 1. The molecule has 2 rings (SSSR count). The van der Waals surface area contributed by atoms with Gasteiger partial charge < -0.3 is 10.1 Å². The van der Waals surface area contributed by atoms with E-state index in [2.05, 4.69) is 31.3 Å². The first-order valence-electron chi connectivity index (χ1n) is 8.10. The van der Waals surface area contributed by atoms with Crippen molar-refractivity contribution >= 4 is 0 Å². The lowest BCUT2D eigenvalue weighted by Gasteiger charge is -2.29. The van der Waals surface area contributed by atoms with Crippen LogP contribution in [-0.2, 0) is 0 Å². The summed E-state index contributed by atoms with van der Waals surface area (Å²) in [6.07, 6.45) is 7.03. The lowest BCUT2D eigenvalue weighted by atomic mass is 9.81. The fourth-order valence-electron chi connectivity index (χ4n) is 3.20. The van der Waals surface area contributed by atoms with Gasteiger partial charge in [0.05, 0.1) is 7.11 Å². The Bertz CT molecular complexity index is 379. The van der Waals surface area contributed by atoms with Crippen LogP contribution in [0.5, 0.6) is 5.75 Å². The van der Waals surface area contributed by atoms with E-state index in [0.717, 1.165) is 24.1 Å². The van der Waals surface area contributed by atoms with Gasteiger partial charge in [-0.25, -0.2) is 0 Å². The Morgan fingerprint density at radius 2 is 1.70 bits per heavy atom. The molecule has 1 saturated carbocycles. The van der Waals surface area contributed by atoms with Crippen molar-refractivity contribution in [2.24, 2.45) is 11.8 Å². The molecule has 0 bridgehead atoms. The molecule has 1 unspecified atom stereocenters. The number of hydrogen-bond acceptors (Lipinski definition) is 2. The third kappa shape index (κ3) is 4.24. The van der Waals surface area contributed by atoms with Crippen LogP contribution in [-0.4, -0.2) is 13.7 Å². The molecule has 0 aliphatic heterocycles. The van der Waals surface area contributed by atoms with Crippen LogP contribution >= 0.6 is 0 Å².